The first-order valence-electron chi connectivity index (χ1n) is 27.4. The van der Waals surface area contributed by atoms with E-state index in [-0.39, 0.29) is 16.2 Å². The third-order valence-corrected chi connectivity index (χ3v) is 19.0. The SMILES string of the molecule is CCCCCCn1c2cc(-c3ccc(N(C4=CC=C5c6ccccc6C(C)(C)C5(C)C4)c4ccc5c(c4)C(C)(C)c4ccccc4-5)cc3)ccc2c2c3cccc4c5ccc6c7c(ccc(c(cc21)c43)c75)C(=O)OC6=O. The second-order valence-electron chi connectivity index (χ2n) is 23.4. The lowest BCUT2D eigenvalue weighted by atomic mass is 9.62. The van der Waals surface area contributed by atoms with E-state index in [9.17, 15) is 9.59 Å². The van der Waals surface area contributed by atoms with Crippen molar-refractivity contribution in [3.05, 3.63) is 209 Å². The molecule has 11 aromatic rings. The number of hydrogen-bond acceptors (Lipinski definition) is 4. The molecule has 5 heteroatoms. The largest absolute Gasteiger partial charge is 0.386 e. The van der Waals surface area contributed by atoms with Gasteiger partial charge in [-0.15, -0.1) is 0 Å². The van der Waals surface area contributed by atoms with Crippen molar-refractivity contribution < 1.29 is 14.3 Å². The summed E-state index contributed by atoms with van der Waals surface area (Å²) in [4.78, 5) is 28.8. The molecule has 3 aliphatic carbocycles. The Labute approximate surface area is 443 Å². The van der Waals surface area contributed by atoms with Crippen LogP contribution in [0.2, 0.25) is 0 Å². The molecule has 1 aliphatic heterocycles. The molecule has 1 atom stereocenters. The lowest BCUT2D eigenvalue weighted by molar-refractivity contribution is 0.0391. The third kappa shape index (κ3) is 5.97. The normalized spacial score (nSPS) is 17.9. The minimum absolute atomic E-state index is 0.0619. The molecule has 76 heavy (non-hydrogen) atoms. The van der Waals surface area contributed by atoms with Gasteiger partial charge in [0.2, 0.25) is 0 Å². The number of aryl methyl sites for hydroxylation is 1. The van der Waals surface area contributed by atoms with Crippen molar-refractivity contribution in [3.63, 3.8) is 0 Å². The van der Waals surface area contributed by atoms with Crippen LogP contribution >= 0.6 is 0 Å². The van der Waals surface area contributed by atoms with Gasteiger partial charge in [0.15, 0.2) is 0 Å². The van der Waals surface area contributed by atoms with Crippen molar-refractivity contribution in [2.24, 2.45) is 5.41 Å². The maximum absolute atomic E-state index is 13.1. The zero-order valence-electron chi connectivity index (χ0n) is 44.0. The van der Waals surface area contributed by atoms with Crippen LogP contribution in [-0.2, 0) is 22.1 Å². The Morgan fingerprint density at radius 3 is 1.91 bits per heavy atom. The lowest BCUT2D eigenvalue weighted by Gasteiger charge is -2.44. The van der Waals surface area contributed by atoms with Gasteiger partial charge < -0.3 is 14.2 Å². The van der Waals surface area contributed by atoms with Gasteiger partial charge in [0, 0.05) is 61.5 Å². The van der Waals surface area contributed by atoms with Gasteiger partial charge in [-0.1, -0.05) is 176 Å². The van der Waals surface area contributed by atoms with E-state index in [1.54, 1.807) is 0 Å². The molecule has 0 saturated carbocycles. The van der Waals surface area contributed by atoms with E-state index in [2.05, 4.69) is 203 Å². The minimum atomic E-state index is -0.586. The molecule has 1 unspecified atom stereocenters. The molecule has 0 amide bonds. The Morgan fingerprint density at radius 1 is 0.487 bits per heavy atom. The van der Waals surface area contributed by atoms with Crippen LogP contribution in [0.5, 0.6) is 0 Å². The zero-order chi connectivity index (χ0) is 51.6. The van der Waals surface area contributed by atoms with Gasteiger partial charge >= 0.3 is 11.9 Å². The van der Waals surface area contributed by atoms with Gasteiger partial charge in [-0.3, -0.25) is 0 Å². The molecule has 15 rings (SSSR count). The van der Waals surface area contributed by atoms with Crippen LogP contribution in [0, 0.1) is 5.41 Å². The maximum Gasteiger partial charge on any atom is 0.346 e. The minimum Gasteiger partial charge on any atom is -0.386 e. The van der Waals surface area contributed by atoms with E-state index in [4.69, 9.17) is 4.74 Å². The van der Waals surface area contributed by atoms with Crippen LogP contribution in [0.4, 0.5) is 11.4 Å². The molecule has 0 N–H and O–H groups in total. The number of anilines is 2. The number of cyclic esters (lactones) is 2. The highest BCUT2D eigenvalue weighted by atomic mass is 16.6. The first kappa shape index (κ1) is 45.1. The molecular formula is C71H58N2O3. The Bertz CT molecular complexity index is 4430. The van der Waals surface area contributed by atoms with Crippen molar-refractivity contribution >= 4 is 93.8 Å². The fourth-order valence-electron chi connectivity index (χ4n) is 14.7. The summed E-state index contributed by atoms with van der Waals surface area (Å²) in [5.41, 5.74) is 18.6. The van der Waals surface area contributed by atoms with E-state index < -0.39 is 11.9 Å². The van der Waals surface area contributed by atoms with E-state index >= 15 is 0 Å². The first-order chi connectivity index (χ1) is 36.9. The summed E-state index contributed by atoms with van der Waals surface area (Å²) in [7, 11) is 0. The molecule has 0 bridgehead atoms. The molecule has 1 aromatic heterocycles. The number of rotatable bonds is 9. The third-order valence-electron chi connectivity index (χ3n) is 19.0. The number of hydrogen-bond donors (Lipinski definition) is 0. The number of benzene rings is 10. The number of allylic oxidation sites excluding steroid dienone is 4. The number of esters is 2. The first-order valence-corrected chi connectivity index (χ1v) is 27.4. The average molecular weight is 987 g/mol. The maximum atomic E-state index is 13.1. The van der Waals surface area contributed by atoms with Crippen LogP contribution in [0.25, 0.3) is 92.7 Å². The number of ether oxygens (including phenoxy) is 1. The Morgan fingerprint density at radius 2 is 1.13 bits per heavy atom. The summed E-state index contributed by atoms with van der Waals surface area (Å²) in [5, 5.41) is 10.9. The summed E-state index contributed by atoms with van der Waals surface area (Å²) in [6.07, 6.45) is 10.3. The molecule has 10 aromatic carbocycles. The Hall–Kier alpha value is -8.28. The van der Waals surface area contributed by atoms with Gasteiger partial charge in [-0.2, -0.15) is 0 Å². The molecule has 0 spiro atoms. The molecular weight excluding hydrogens is 929 g/mol. The number of nitrogens with zero attached hydrogens (tertiary/aromatic N) is 2. The Kier molecular flexibility index (Phi) is 9.43. The highest BCUT2D eigenvalue weighted by molar-refractivity contribution is 6.40. The van der Waals surface area contributed by atoms with E-state index in [1.807, 2.05) is 18.2 Å². The summed E-state index contributed by atoms with van der Waals surface area (Å²) < 4.78 is 7.77. The number of unbranched alkanes of at least 4 members (excludes halogenated alkanes) is 3. The van der Waals surface area contributed by atoms with Crippen LogP contribution in [0.1, 0.15) is 117 Å². The van der Waals surface area contributed by atoms with Crippen LogP contribution in [0.3, 0.4) is 0 Å². The predicted octanol–water partition coefficient (Wildman–Crippen LogP) is 18.5. The second-order valence-corrected chi connectivity index (χ2v) is 23.4. The highest BCUT2D eigenvalue weighted by Crippen LogP contribution is 2.63. The quantitative estimate of drug-likeness (QED) is 0.0475. The summed E-state index contributed by atoms with van der Waals surface area (Å²) >= 11 is 0. The van der Waals surface area contributed by atoms with E-state index in [0.29, 0.717) is 16.5 Å². The summed E-state index contributed by atoms with van der Waals surface area (Å²) in [5.74, 6) is -1.17. The number of carbonyl (C=O) groups is 2. The second kappa shape index (κ2) is 15.9. The standard InChI is InChI=1S/C71H58N2O3/c1-7-8-9-14-36-72-61-37-42(24-29-52(61)64-53-19-15-18-48-49-31-33-54-66-55(68(75)76-67(54)74)34-32-50(65(49)66)56(63(48)53)39-62(64)72)41-22-25-43(26-23-41)73(44-27-30-47-46-16-10-12-20-57(46)69(2,3)60(47)38-44)45-28-35-59-51-17-11-13-21-58(51)70(4,5)71(59,6)40-45/h10-13,15-35,37-39H,7-9,14,36,40H2,1-6H3. The molecule has 2 heterocycles. The summed E-state index contributed by atoms with van der Waals surface area (Å²) in [6.45, 7) is 15.3. The highest BCUT2D eigenvalue weighted by Gasteiger charge is 2.53. The fraction of sp³-hybridized carbons (Fsp3) is 0.211. The predicted molar refractivity (Wildman–Crippen MR) is 314 cm³/mol. The summed E-state index contributed by atoms with van der Waals surface area (Å²) in [6, 6.07) is 58.4. The monoisotopic (exact) mass is 986 g/mol. The Balaban J connectivity index is 0.886. The molecule has 0 radical (unpaired) electrons. The fourth-order valence-corrected chi connectivity index (χ4v) is 14.7. The molecule has 0 saturated heterocycles. The average Bonchev–Trinajstić information content (AvgIpc) is 3.97. The molecule has 370 valence electrons. The van der Waals surface area contributed by atoms with E-state index in [1.165, 1.54) is 107 Å². The molecule has 5 nitrogen and oxygen atoms in total. The zero-order valence-corrected chi connectivity index (χ0v) is 44.0. The van der Waals surface area contributed by atoms with Gasteiger partial charge in [0.1, 0.15) is 0 Å². The van der Waals surface area contributed by atoms with Gasteiger partial charge in [0.25, 0.3) is 0 Å². The van der Waals surface area contributed by atoms with Crippen molar-refractivity contribution in [2.75, 3.05) is 4.90 Å². The number of fused-ring (bicyclic) bond motifs is 12. The van der Waals surface area contributed by atoms with Crippen molar-refractivity contribution in [1.82, 2.24) is 4.57 Å². The van der Waals surface area contributed by atoms with Crippen molar-refractivity contribution in [2.45, 2.75) is 91.0 Å². The smallest absolute Gasteiger partial charge is 0.346 e. The van der Waals surface area contributed by atoms with Crippen molar-refractivity contribution in [3.8, 4) is 22.3 Å². The molecule has 4 aliphatic rings. The lowest BCUT2D eigenvalue weighted by Crippen LogP contribution is -2.38. The number of carbonyl (C=O) groups excluding carboxylic acids is 2. The van der Waals surface area contributed by atoms with Crippen LogP contribution in [0.15, 0.2) is 176 Å². The topological polar surface area (TPSA) is 51.5 Å². The van der Waals surface area contributed by atoms with Gasteiger partial charge in [-0.25, -0.2) is 9.59 Å². The van der Waals surface area contributed by atoms with Crippen LogP contribution in [-0.4, -0.2) is 16.5 Å². The number of aromatic nitrogens is 1. The van der Waals surface area contributed by atoms with Gasteiger partial charge in [0.05, 0.1) is 16.6 Å². The molecule has 0 fully saturated rings. The van der Waals surface area contributed by atoms with Crippen LogP contribution < -0.4 is 4.90 Å². The van der Waals surface area contributed by atoms with E-state index in [0.717, 1.165) is 58.4 Å². The van der Waals surface area contributed by atoms with Crippen molar-refractivity contribution in [1.29, 1.82) is 0 Å². The van der Waals surface area contributed by atoms with Gasteiger partial charge in [-0.05, 0) is 155 Å².